The van der Waals surface area contributed by atoms with E-state index in [1.165, 1.54) is 12.1 Å². The summed E-state index contributed by atoms with van der Waals surface area (Å²) in [4.78, 5) is 23.5. The zero-order chi connectivity index (χ0) is 22.3. The lowest BCUT2D eigenvalue weighted by Gasteiger charge is -2.22. The highest BCUT2D eigenvalue weighted by Crippen LogP contribution is 2.18. The molecule has 162 valence electrons. The summed E-state index contributed by atoms with van der Waals surface area (Å²) in [5, 5.41) is 11.5. The number of aliphatic carboxylic acids is 1. The third-order valence-electron chi connectivity index (χ3n) is 4.34. The smallest absolute Gasteiger partial charge is 0.341 e. The molecule has 0 aliphatic carbocycles. The molecule has 3 N–H and O–H groups in total. The fourth-order valence-electron chi connectivity index (χ4n) is 2.67. The van der Waals surface area contributed by atoms with E-state index >= 15 is 0 Å². The molecule has 0 saturated carbocycles. The van der Waals surface area contributed by atoms with Crippen LogP contribution >= 0.6 is 0 Å². The average Bonchev–Trinajstić information content (AvgIpc) is 2.69. The Kier molecular flexibility index (Phi) is 7.96. The average molecular weight is 435 g/mol. The van der Waals surface area contributed by atoms with Crippen LogP contribution in [0.1, 0.15) is 25.0 Å². The molecule has 0 bridgehead atoms. The van der Waals surface area contributed by atoms with E-state index in [9.17, 15) is 18.0 Å². The van der Waals surface area contributed by atoms with Crippen LogP contribution in [0, 0.1) is 12.8 Å². The Hall–Kier alpha value is -2.91. The van der Waals surface area contributed by atoms with Crippen molar-refractivity contribution in [2.45, 2.75) is 38.3 Å². The van der Waals surface area contributed by atoms with Crippen LogP contribution in [0.3, 0.4) is 0 Å². The minimum atomic E-state index is -3.88. The number of carboxylic acids is 1. The second-order valence-electron chi connectivity index (χ2n) is 7.16. The van der Waals surface area contributed by atoms with Crippen molar-refractivity contribution in [2.24, 2.45) is 5.92 Å². The largest absolute Gasteiger partial charge is 0.482 e. The van der Waals surface area contributed by atoms with Gasteiger partial charge in [0.2, 0.25) is 15.9 Å². The lowest BCUT2D eigenvalue weighted by atomic mass is 10.0. The lowest BCUT2D eigenvalue weighted by Crippen LogP contribution is -2.49. The molecule has 0 aliphatic heterocycles. The van der Waals surface area contributed by atoms with Gasteiger partial charge in [0, 0.05) is 12.1 Å². The van der Waals surface area contributed by atoms with Crippen molar-refractivity contribution < 1.29 is 27.9 Å². The molecular formula is C21H26N2O6S. The number of amides is 1. The molecule has 2 aromatic carbocycles. The Morgan fingerprint density at radius 3 is 2.30 bits per heavy atom. The molecule has 0 saturated heterocycles. The zero-order valence-electron chi connectivity index (χ0n) is 17.1. The number of ether oxygens (including phenoxy) is 1. The third kappa shape index (κ3) is 6.57. The number of carbonyl (C=O) groups excluding carboxylic acids is 1. The van der Waals surface area contributed by atoms with E-state index in [0.717, 1.165) is 5.56 Å². The van der Waals surface area contributed by atoms with Crippen molar-refractivity contribution in [2.75, 3.05) is 6.61 Å². The first-order chi connectivity index (χ1) is 14.1. The predicted molar refractivity (Wildman–Crippen MR) is 112 cm³/mol. The fourth-order valence-corrected chi connectivity index (χ4v) is 4.01. The highest BCUT2D eigenvalue weighted by atomic mass is 32.2. The summed E-state index contributed by atoms with van der Waals surface area (Å²) < 4.78 is 33.0. The normalized spacial score (nSPS) is 12.4. The number of sulfonamides is 1. The predicted octanol–water partition coefficient (Wildman–Crippen LogP) is 2.08. The minimum absolute atomic E-state index is 0.0596. The first-order valence-electron chi connectivity index (χ1n) is 9.39. The Balaban J connectivity index is 2.10. The lowest BCUT2D eigenvalue weighted by molar-refractivity contribution is -0.139. The van der Waals surface area contributed by atoms with Gasteiger partial charge < -0.3 is 15.2 Å². The maximum atomic E-state index is 12.7. The molecule has 0 spiro atoms. The van der Waals surface area contributed by atoms with Gasteiger partial charge in [-0.2, -0.15) is 4.72 Å². The molecule has 1 unspecified atom stereocenters. The van der Waals surface area contributed by atoms with E-state index < -0.39 is 34.5 Å². The van der Waals surface area contributed by atoms with Gasteiger partial charge in [0.05, 0.1) is 4.90 Å². The van der Waals surface area contributed by atoms with Gasteiger partial charge in [-0.1, -0.05) is 49.7 Å². The summed E-state index contributed by atoms with van der Waals surface area (Å²) in [5.41, 5.74) is 1.51. The molecule has 30 heavy (non-hydrogen) atoms. The number of carboxylic acid groups (broad SMARTS) is 1. The summed E-state index contributed by atoms with van der Waals surface area (Å²) in [7, 11) is -3.88. The molecule has 0 aliphatic rings. The highest BCUT2D eigenvalue weighted by Gasteiger charge is 2.28. The molecular weight excluding hydrogens is 408 g/mol. The topological polar surface area (TPSA) is 122 Å². The van der Waals surface area contributed by atoms with Crippen LogP contribution in [0.5, 0.6) is 5.75 Å². The van der Waals surface area contributed by atoms with E-state index in [0.29, 0.717) is 11.3 Å². The van der Waals surface area contributed by atoms with Crippen LogP contribution in [0.25, 0.3) is 0 Å². The SMILES string of the molecule is Cc1ccc(S(=O)(=O)NC(C(=O)NCc2ccccc2OCC(=O)O)C(C)C)cc1. The number of nitrogens with one attached hydrogen (secondary N) is 2. The molecule has 1 amide bonds. The summed E-state index contributed by atoms with van der Waals surface area (Å²) in [6.45, 7) is 4.89. The summed E-state index contributed by atoms with van der Waals surface area (Å²) in [6.07, 6.45) is 0. The number of carbonyl (C=O) groups is 2. The highest BCUT2D eigenvalue weighted by molar-refractivity contribution is 7.89. The van der Waals surface area contributed by atoms with Gasteiger partial charge in [0.25, 0.3) is 0 Å². The van der Waals surface area contributed by atoms with Gasteiger partial charge in [0.1, 0.15) is 11.8 Å². The maximum absolute atomic E-state index is 12.7. The van der Waals surface area contributed by atoms with Crippen molar-refractivity contribution in [3.05, 3.63) is 59.7 Å². The Morgan fingerprint density at radius 2 is 1.70 bits per heavy atom. The van der Waals surface area contributed by atoms with Crippen LogP contribution in [-0.2, 0) is 26.2 Å². The number of rotatable bonds is 10. The Labute approximate surface area is 176 Å². The molecule has 0 heterocycles. The second kappa shape index (κ2) is 10.2. The summed E-state index contributed by atoms with van der Waals surface area (Å²) in [6, 6.07) is 12.1. The van der Waals surface area contributed by atoms with E-state index in [2.05, 4.69) is 10.0 Å². The van der Waals surface area contributed by atoms with Gasteiger partial charge in [-0.3, -0.25) is 4.79 Å². The second-order valence-corrected chi connectivity index (χ2v) is 8.88. The quantitative estimate of drug-likeness (QED) is 0.526. The maximum Gasteiger partial charge on any atom is 0.341 e. The van der Waals surface area contributed by atoms with E-state index in [1.54, 1.807) is 50.2 Å². The molecule has 0 aromatic heterocycles. The van der Waals surface area contributed by atoms with Gasteiger partial charge in [0.15, 0.2) is 6.61 Å². The minimum Gasteiger partial charge on any atom is -0.482 e. The number of hydrogen-bond acceptors (Lipinski definition) is 5. The van der Waals surface area contributed by atoms with Gasteiger partial charge in [-0.25, -0.2) is 13.2 Å². The van der Waals surface area contributed by atoms with Gasteiger partial charge in [-0.15, -0.1) is 0 Å². The molecule has 0 radical (unpaired) electrons. The van der Waals surface area contributed by atoms with Crippen molar-refractivity contribution in [1.29, 1.82) is 0 Å². The number of aryl methyl sites for hydroxylation is 1. The van der Waals surface area contributed by atoms with E-state index in [1.807, 2.05) is 6.92 Å². The number of para-hydroxylation sites is 1. The van der Waals surface area contributed by atoms with Crippen LogP contribution < -0.4 is 14.8 Å². The van der Waals surface area contributed by atoms with Crippen molar-refractivity contribution in [3.8, 4) is 5.75 Å². The molecule has 8 nitrogen and oxygen atoms in total. The fraction of sp³-hybridized carbons (Fsp3) is 0.333. The Morgan fingerprint density at radius 1 is 1.07 bits per heavy atom. The van der Waals surface area contributed by atoms with Crippen LogP contribution in [0.15, 0.2) is 53.4 Å². The Bertz CT molecular complexity index is 987. The molecule has 1 atom stereocenters. The van der Waals surface area contributed by atoms with Crippen LogP contribution in [-0.4, -0.2) is 38.0 Å². The first-order valence-corrected chi connectivity index (χ1v) is 10.9. The van der Waals surface area contributed by atoms with Crippen molar-refractivity contribution >= 4 is 21.9 Å². The van der Waals surface area contributed by atoms with Crippen molar-refractivity contribution in [3.63, 3.8) is 0 Å². The van der Waals surface area contributed by atoms with Gasteiger partial charge >= 0.3 is 5.97 Å². The number of benzene rings is 2. The molecule has 2 aromatic rings. The monoisotopic (exact) mass is 434 g/mol. The van der Waals surface area contributed by atoms with Crippen molar-refractivity contribution in [1.82, 2.24) is 10.0 Å². The molecule has 2 rings (SSSR count). The van der Waals surface area contributed by atoms with E-state index in [-0.39, 0.29) is 17.4 Å². The zero-order valence-corrected chi connectivity index (χ0v) is 17.9. The number of hydrogen-bond donors (Lipinski definition) is 3. The standard InChI is InChI=1S/C21H26N2O6S/c1-14(2)20(23-30(27,28)17-10-8-15(3)9-11-17)21(26)22-12-16-6-4-5-7-18(16)29-13-19(24)25/h4-11,14,20,23H,12-13H2,1-3H3,(H,22,26)(H,24,25). The molecule has 0 fully saturated rings. The summed E-state index contributed by atoms with van der Waals surface area (Å²) in [5.74, 6) is -1.57. The van der Waals surface area contributed by atoms with Crippen LogP contribution in [0.4, 0.5) is 0 Å². The summed E-state index contributed by atoms with van der Waals surface area (Å²) >= 11 is 0. The molecule has 9 heteroatoms. The van der Waals surface area contributed by atoms with Gasteiger partial charge in [-0.05, 0) is 31.0 Å². The van der Waals surface area contributed by atoms with E-state index in [4.69, 9.17) is 9.84 Å². The third-order valence-corrected chi connectivity index (χ3v) is 5.80. The first kappa shape index (κ1) is 23.4. The van der Waals surface area contributed by atoms with Crippen LogP contribution in [0.2, 0.25) is 0 Å².